The lowest BCUT2D eigenvalue weighted by Crippen LogP contribution is -2.08. The van der Waals surface area contributed by atoms with Gasteiger partial charge in [0.05, 0.1) is 0 Å². The number of benzene rings is 3. The van der Waals surface area contributed by atoms with Gasteiger partial charge in [0, 0.05) is 54.4 Å². The van der Waals surface area contributed by atoms with Crippen molar-refractivity contribution in [3.8, 4) is 11.5 Å². The van der Waals surface area contributed by atoms with Crippen LogP contribution in [0.1, 0.15) is 44.9 Å². The van der Waals surface area contributed by atoms with Gasteiger partial charge in [-0.1, -0.05) is 42.5 Å². The van der Waals surface area contributed by atoms with Gasteiger partial charge in [0.25, 0.3) is 0 Å². The fourth-order valence-electron chi connectivity index (χ4n) is 4.86. The van der Waals surface area contributed by atoms with Crippen molar-refractivity contribution >= 4 is 10.9 Å². The van der Waals surface area contributed by atoms with Crippen LogP contribution in [0.2, 0.25) is 0 Å². The third-order valence-electron chi connectivity index (χ3n) is 6.44. The molecule has 0 unspecified atom stereocenters. The van der Waals surface area contributed by atoms with E-state index in [0.717, 1.165) is 38.7 Å². The normalized spacial score (nSPS) is 11.6. The van der Waals surface area contributed by atoms with E-state index in [1.807, 2.05) is 57.3 Å². The first kappa shape index (κ1) is 22.9. The Morgan fingerprint density at radius 2 is 1.27 bits per heavy atom. The molecule has 0 aliphatic rings. The number of nitrogens with zero attached hydrogens (tertiary/aromatic N) is 1. The van der Waals surface area contributed by atoms with E-state index in [0.29, 0.717) is 24.0 Å². The SMILES string of the molecule is Cc1cc(CCO)cc(C(c2cc(CCO)cc(C)c2O)c2cn(C)c3ccccc23)c1O. The van der Waals surface area contributed by atoms with E-state index in [9.17, 15) is 20.4 Å². The molecule has 0 aliphatic carbocycles. The minimum atomic E-state index is -0.439. The first-order valence-electron chi connectivity index (χ1n) is 11.3. The van der Waals surface area contributed by atoms with Crippen LogP contribution < -0.4 is 0 Å². The highest BCUT2D eigenvalue weighted by atomic mass is 16.3. The molecule has 172 valence electrons. The van der Waals surface area contributed by atoms with E-state index in [2.05, 4.69) is 22.9 Å². The number of rotatable bonds is 7. The van der Waals surface area contributed by atoms with E-state index >= 15 is 0 Å². The van der Waals surface area contributed by atoms with Crippen LogP contribution in [0.4, 0.5) is 0 Å². The zero-order valence-electron chi connectivity index (χ0n) is 19.3. The number of hydrogen-bond donors (Lipinski definition) is 4. The summed E-state index contributed by atoms with van der Waals surface area (Å²) >= 11 is 0. The van der Waals surface area contributed by atoms with E-state index in [1.54, 1.807) is 0 Å². The fraction of sp³-hybridized carbons (Fsp3) is 0.286. The van der Waals surface area contributed by atoms with Gasteiger partial charge in [-0.3, -0.25) is 0 Å². The summed E-state index contributed by atoms with van der Waals surface area (Å²) in [5.74, 6) is -0.0794. The molecular formula is C28H31NO4. The van der Waals surface area contributed by atoms with Crippen molar-refractivity contribution in [1.82, 2.24) is 4.57 Å². The second-order valence-electron chi connectivity index (χ2n) is 8.79. The summed E-state index contributed by atoms with van der Waals surface area (Å²) in [5, 5.41) is 42.5. The molecule has 1 heterocycles. The Balaban J connectivity index is 2.08. The molecule has 0 aliphatic heterocycles. The molecule has 5 nitrogen and oxygen atoms in total. The van der Waals surface area contributed by atoms with E-state index in [4.69, 9.17) is 0 Å². The first-order chi connectivity index (χ1) is 15.8. The second kappa shape index (κ2) is 9.30. The average molecular weight is 446 g/mol. The molecule has 4 N–H and O–H groups in total. The Morgan fingerprint density at radius 1 is 0.758 bits per heavy atom. The Kier molecular flexibility index (Phi) is 6.45. The predicted octanol–water partition coefficient (Wildman–Crippen LogP) is 4.46. The molecule has 33 heavy (non-hydrogen) atoms. The molecule has 0 amide bonds. The minimum Gasteiger partial charge on any atom is -0.507 e. The van der Waals surface area contributed by atoms with Crippen molar-refractivity contribution in [1.29, 1.82) is 0 Å². The second-order valence-corrected chi connectivity index (χ2v) is 8.79. The van der Waals surface area contributed by atoms with Crippen LogP contribution in [0, 0.1) is 13.8 Å². The van der Waals surface area contributed by atoms with Crippen molar-refractivity contribution in [3.63, 3.8) is 0 Å². The van der Waals surface area contributed by atoms with Gasteiger partial charge < -0.3 is 25.0 Å². The number of aromatic nitrogens is 1. The number of aliphatic hydroxyl groups excluding tert-OH is 2. The number of hydrogen-bond acceptors (Lipinski definition) is 4. The van der Waals surface area contributed by atoms with Crippen LogP contribution in [-0.4, -0.2) is 38.2 Å². The Bertz CT molecular complexity index is 1240. The summed E-state index contributed by atoms with van der Waals surface area (Å²) in [4.78, 5) is 0. The number of aliphatic hydroxyl groups is 2. The first-order valence-corrected chi connectivity index (χ1v) is 11.3. The lowest BCUT2D eigenvalue weighted by Gasteiger charge is -2.24. The largest absolute Gasteiger partial charge is 0.507 e. The maximum atomic E-state index is 11.2. The van der Waals surface area contributed by atoms with Crippen molar-refractivity contribution in [2.24, 2.45) is 7.05 Å². The molecule has 5 heteroatoms. The number of aryl methyl sites for hydroxylation is 3. The maximum Gasteiger partial charge on any atom is 0.122 e. The van der Waals surface area contributed by atoms with Crippen LogP contribution in [-0.2, 0) is 19.9 Å². The molecule has 4 aromatic rings. The molecule has 4 rings (SSSR count). The fourth-order valence-corrected chi connectivity index (χ4v) is 4.86. The Labute approximate surface area is 194 Å². The number of para-hydroxylation sites is 1. The van der Waals surface area contributed by atoms with Gasteiger partial charge in [-0.2, -0.15) is 0 Å². The summed E-state index contributed by atoms with van der Waals surface area (Å²) in [6, 6.07) is 15.7. The standard InChI is InChI=1S/C28H31NO4/c1-17-12-19(8-10-30)14-22(27(17)32)26(23-15-20(9-11-31)13-18(2)28(23)33)24-16-29(3)25-7-5-4-6-21(24)25/h4-7,12-16,26,30-33H,8-11H2,1-3H3. The zero-order valence-corrected chi connectivity index (χ0v) is 19.3. The number of aromatic hydroxyl groups is 2. The molecule has 0 bridgehead atoms. The van der Waals surface area contributed by atoms with Crippen molar-refractivity contribution in [3.05, 3.63) is 93.7 Å². The average Bonchev–Trinajstić information content (AvgIpc) is 3.12. The van der Waals surface area contributed by atoms with Crippen LogP contribution in [0.25, 0.3) is 10.9 Å². The van der Waals surface area contributed by atoms with Gasteiger partial charge in [-0.05, 0) is 60.6 Å². The van der Waals surface area contributed by atoms with Gasteiger partial charge >= 0.3 is 0 Å². The Morgan fingerprint density at radius 3 is 1.79 bits per heavy atom. The molecule has 0 fully saturated rings. The van der Waals surface area contributed by atoms with Crippen molar-refractivity contribution in [2.45, 2.75) is 32.6 Å². The van der Waals surface area contributed by atoms with Crippen LogP contribution in [0.5, 0.6) is 11.5 Å². The van der Waals surface area contributed by atoms with Gasteiger partial charge in [-0.15, -0.1) is 0 Å². The molecular weight excluding hydrogens is 414 g/mol. The molecule has 3 aromatic carbocycles. The minimum absolute atomic E-state index is 0.0128. The quantitative estimate of drug-likeness (QED) is 0.338. The number of phenolic OH excluding ortho intramolecular Hbond substituents is 2. The number of phenols is 2. The van der Waals surface area contributed by atoms with Gasteiger partial charge in [0.2, 0.25) is 0 Å². The molecule has 0 atom stereocenters. The molecule has 1 aromatic heterocycles. The third-order valence-corrected chi connectivity index (χ3v) is 6.44. The highest BCUT2D eigenvalue weighted by molar-refractivity contribution is 5.86. The highest BCUT2D eigenvalue weighted by Crippen LogP contribution is 2.45. The molecule has 0 saturated carbocycles. The lowest BCUT2D eigenvalue weighted by molar-refractivity contribution is 0.299. The third kappa shape index (κ3) is 4.22. The topological polar surface area (TPSA) is 85.9 Å². The maximum absolute atomic E-state index is 11.2. The summed E-state index contributed by atoms with van der Waals surface area (Å²) in [6.07, 6.45) is 3.01. The predicted molar refractivity (Wildman–Crippen MR) is 131 cm³/mol. The van der Waals surface area contributed by atoms with Gasteiger partial charge in [-0.25, -0.2) is 0 Å². The van der Waals surface area contributed by atoms with E-state index < -0.39 is 5.92 Å². The lowest BCUT2D eigenvalue weighted by atomic mass is 9.81. The summed E-state index contributed by atoms with van der Waals surface area (Å²) < 4.78 is 2.06. The molecule has 0 spiro atoms. The van der Waals surface area contributed by atoms with Crippen molar-refractivity contribution < 1.29 is 20.4 Å². The zero-order chi connectivity index (χ0) is 23.7. The molecule has 0 radical (unpaired) electrons. The monoisotopic (exact) mass is 445 g/mol. The van der Waals surface area contributed by atoms with E-state index in [1.165, 1.54) is 0 Å². The van der Waals surface area contributed by atoms with Gasteiger partial charge in [0.15, 0.2) is 0 Å². The summed E-state index contributed by atoms with van der Waals surface area (Å²) in [7, 11) is 1.99. The Hall–Kier alpha value is -3.28. The van der Waals surface area contributed by atoms with Crippen LogP contribution in [0.15, 0.2) is 54.7 Å². The number of fused-ring (bicyclic) bond motifs is 1. The smallest absolute Gasteiger partial charge is 0.122 e. The summed E-state index contributed by atoms with van der Waals surface area (Å²) in [6.45, 7) is 3.73. The van der Waals surface area contributed by atoms with E-state index in [-0.39, 0.29) is 24.7 Å². The van der Waals surface area contributed by atoms with Crippen LogP contribution >= 0.6 is 0 Å². The van der Waals surface area contributed by atoms with Crippen molar-refractivity contribution in [2.75, 3.05) is 13.2 Å². The van der Waals surface area contributed by atoms with Gasteiger partial charge in [0.1, 0.15) is 11.5 Å². The molecule has 0 saturated heterocycles. The summed E-state index contributed by atoms with van der Waals surface area (Å²) in [5.41, 5.74) is 6.71. The van der Waals surface area contributed by atoms with Crippen LogP contribution in [0.3, 0.4) is 0 Å². The highest BCUT2D eigenvalue weighted by Gasteiger charge is 2.28.